The number of benzene rings is 2. The quantitative estimate of drug-likeness (QED) is 0.718. The Bertz CT molecular complexity index is 999. The average Bonchev–Trinajstić information content (AvgIpc) is 3.12. The third kappa shape index (κ3) is 6.29. The Labute approximate surface area is 205 Å². The zero-order chi connectivity index (χ0) is 23.9. The Morgan fingerprint density at radius 3 is 2.26 bits per heavy atom. The third-order valence-electron chi connectivity index (χ3n) is 6.51. The maximum absolute atomic E-state index is 13.3. The van der Waals surface area contributed by atoms with Crippen molar-refractivity contribution in [1.82, 2.24) is 14.7 Å². The number of piperidine rings is 1. The Balaban J connectivity index is 1.29. The Morgan fingerprint density at radius 2 is 1.50 bits per heavy atom. The Hall–Kier alpha value is -3.06. The molecule has 2 fully saturated rings. The van der Waals surface area contributed by atoms with Crippen LogP contribution in [0.5, 0.6) is 0 Å². The molecular weight excluding hydrogens is 452 g/mol. The van der Waals surface area contributed by atoms with Gasteiger partial charge in [-0.25, -0.2) is 4.79 Å². The summed E-state index contributed by atoms with van der Waals surface area (Å²) < 4.78 is 0. The standard InChI is InChI=1S/C26H31ClN4O3/c27-22-9-11-23(12-10-22)28-26(34)30-15-5-14-29(16-17-30)25(33)21-8-4-13-31(19-21)24(32)18-20-6-2-1-3-7-20/h1-3,6-7,9-12,21H,4-5,8,13-19H2,(H,28,34). The number of likely N-dealkylation sites (tertiary alicyclic amines) is 1. The number of nitrogens with zero attached hydrogens (tertiary/aromatic N) is 3. The lowest BCUT2D eigenvalue weighted by Gasteiger charge is -2.35. The van der Waals surface area contributed by atoms with Gasteiger partial charge in [0.05, 0.1) is 12.3 Å². The van der Waals surface area contributed by atoms with E-state index in [1.165, 1.54) is 0 Å². The lowest BCUT2D eigenvalue weighted by molar-refractivity contribution is -0.140. The Morgan fingerprint density at radius 1 is 0.824 bits per heavy atom. The topological polar surface area (TPSA) is 73.0 Å². The lowest BCUT2D eigenvalue weighted by Crippen LogP contribution is -2.48. The normalized spacial score (nSPS) is 18.9. The van der Waals surface area contributed by atoms with Gasteiger partial charge in [-0.3, -0.25) is 9.59 Å². The summed E-state index contributed by atoms with van der Waals surface area (Å²) in [5.74, 6) is -0.00954. The molecule has 2 heterocycles. The highest BCUT2D eigenvalue weighted by molar-refractivity contribution is 6.30. The van der Waals surface area contributed by atoms with Crippen molar-refractivity contribution in [2.75, 3.05) is 44.6 Å². The van der Waals surface area contributed by atoms with Crippen LogP contribution in [0.4, 0.5) is 10.5 Å². The molecule has 2 saturated heterocycles. The first-order valence-electron chi connectivity index (χ1n) is 11.9. The largest absolute Gasteiger partial charge is 0.342 e. The summed E-state index contributed by atoms with van der Waals surface area (Å²) in [5.41, 5.74) is 1.68. The molecule has 0 saturated carbocycles. The number of halogens is 1. The van der Waals surface area contributed by atoms with Crippen LogP contribution in [0.2, 0.25) is 5.02 Å². The van der Waals surface area contributed by atoms with Crippen molar-refractivity contribution in [2.24, 2.45) is 5.92 Å². The van der Waals surface area contributed by atoms with E-state index >= 15 is 0 Å². The summed E-state index contributed by atoms with van der Waals surface area (Å²) in [6.07, 6.45) is 2.72. The van der Waals surface area contributed by atoms with Gasteiger partial charge in [-0.15, -0.1) is 0 Å². The van der Waals surface area contributed by atoms with Crippen LogP contribution in [0.25, 0.3) is 0 Å². The number of hydrogen-bond acceptors (Lipinski definition) is 3. The molecule has 4 amide bonds. The van der Waals surface area contributed by atoms with Gasteiger partial charge in [0.1, 0.15) is 0 Å². The van der Waals surface area contributed by atoms with E-state index in [1.54, 1.807) is 29.2 Å². The maximum Gasteiger partial charge on any atom is 0.321 e. The van der Waals surface area contributed by atoms with Crippen molar-refractivity contribution in [3.8, 4) is 0 Å². The van der Waals surface area contributed by atoms with Crippen molar-refractivity contribution in [3.63, 3.8) is 0 Å². The van der Waals surface area contributed by atoms with Gasteiger partial charge in [-0.1, -0.05) is 41.9 Å². The second kappa shape index (κ2) is 11.4. The lowest BCUT2D eigenvalue weighted by atomic mass is 9.95. The minimum Gasteiger partial charge on any atom is -0.342 e. The van der Waals surface area contributed by atoms with Crippen molar-refractivity contribution in [2.45, 2.75) is 25.7 Å². The van der Waals surface area contributed by atoms with Crippen LogP contribution in [0.3, 0.4) is 0 Å². The fourth-order valence-electron chi connectivity index (χ4n) is 4.62. The molecular formula is C26H31ClN4O3. The molecule has 1 atom stereocenters. The van der Waals surface area contributed by atoms with Crippen LogP contribution in [-0.4, -0.2) is 71.8 Å². The molecule has 0 aliphatic carbocycles. The number of anilines is 1. The van der Waals surface area contributed by atoms with E-state index in [0.717, 1.165) is 24.8 Å². The van der Waals surface area contributed by atoms with E-state index in [4.69, 9.17) is 11.6 Å². The molecule has 180 valence electrons. The molecule has 2 aromatic rings. The van der Waals surface area contributed by atoms with Gasteiger partial charge in [0.15, 0.2) is 0 Å². The van der Waals surface area contributed by atoms with Crippen LogP contribution < -0.4 is 5.32 Å². The van der Waals surface area contributed by atoms with Crippen molar-refractivity contribution < 1.29 is 14.4 Å². The molecule has 7 nitrogen and oxygen atoms in total. The molecule has 2 aromatic carbocycles. The number of nitrogens with one attached hydrogen (secondary N) is 1. The number of amides is 4. The maximum atomic E-state index is 13.3. The number of carbonyl (C=O) groups is 3. The summed E-state index contributed by atoms with van der Waals surface area (Å²) >= 11 is 5.91. The smallest absolute Gasteiger partial charge is 0.321 e. The van der Waals surface area contributed by atoms with Gasteiger partial charge in [-0.05, 0) is 49.1 Å². The summed E-state index contributed by atoms with van der Waals surface area (Å²) in [6.45, 7) is 3.37. The minimum atomic E-state index is -0.178. The summed E-state index contributed by atoms with van der Waals surface area (Å²) in [6, 6.07) is 16.5. The fourth-order valence-corrected chi connectivity index (χ4v) is 4.75. The summed E-state index contributed by atoms with van der Waals surface area (Å²) in [4.78, 5) is 44.2. The van der Waals surface area contributed by atoms with Crippen molar-refractivity contribution >= 4 is 35.1 Å². The first kappa shape index (κ1) is 24.1. The highest BCUT2D eigenvalue weighted by Crippen LogP contribution is 2.21. The van der Waals surface area contributed by atoms with Crippen LogP contribution >= 0.6 is 11.6 Å². The first-order valence-corrected chi connectivity index (χ1v) is 12.3. The monoisotopic (exact) mass is 482 g/mol. The zero-order valence-corrected chi connectivity index (χ0v) is 20.0. The van der Waals surface area contributed by atoms with Crippen LogP contribution in [-0.2, 0) is 16.0 Å². The predicted octanol–water partition coefficient (Wildman–Crippen LogP) is 3.89. The van der Waals surface area contributed by atoms with E-state index in [9.17, 15) is 14.4 Å². The van der Waals surface area contributed by atoms with Crippen molar-refractivity contribution in [1.29, 1.82) is 0 Å². The molecule has 1 N–H and O–H groups in total. The van der Waals surface area contributed by atoms with Crippen LogP contribution in [0.1, 0.15) is 24.8 Å². The molecule has 0 spiro atoms. The van der Waals surface area contributed by atoms with Crippen LogP contribution in [0, 0.1) is 5.92 Å². The molecule has 4 rings (SSSR count). The van der Waals surface area contributed by atoms with Gasteiger partial charge in [0, 0.05) is 50.0 Å². The highest BCUT2D eigenvalue weighted by Gasteiger charge is 2.32. The molecule has 0 bridgehead atoms. The molecule has 34 heavy (non-hydrogen) atoms. The molecule has 2 aliphatic heterocycles. The summed E-state index contributed by atoms with van der Waals surface area (Å²) in [5, 5.41) is 3.51. The van der Waals surface area contributed by atoms with E-state index in [-0.39, 0.29) is 23.8 Å². The van der Waals surface area contributed by atoms with Gasteiger partial charge in [0.2, 0.25) is 11.8 Å². The van der Waals surface area contributed by atoms with Crippen molar-refractivity contribution in [3.05, 3.63) is 65.2 Å². The fraction of sp³-hybridized carbons (Fsp3) is 0.423. The molecule has 1 unspecified atom stereocenters. The van der Waals surface area contributed by atoms with Gasteiger partial charge in [-0.2, -0.15) is 0 Å². The molecule has 2 aliphatic rings. The predicted molar refractivity (Wildman–Crippen MR) is 133 cm³/mol. The van der Waals surface area contributed by atoms with Crippen LogP contribution in [0.15, 0.2) is 54.6 Å². The SMILES string of the molecule is O=C(Cc1ccccc1)N1CCCC(C(=O)N2CCCN(C(=O)Nc3ccc(Cl)cc3)CC2)C1. The number of hydrogen-bond donors (Lipinski definition) is 1. The second-order valence-electron chi connectivity index (χ2n) is 8.94. The zero-order valence-electron chi connectivity index (χ0n) is 19.3. The number of urea groups is 1. The molecule has 8 heteroatoms. The van der Waals surface area contributed by atoms with Gasteiger partial charge >= 0.3 is 6.03 Å². The molecule has 0 radical (unpaired) electrons. The Kier molecular flexibility index (Phi) is 8.06. The summed E-state index contributed by atoms with van der Waals surface area (Å²) in [7, 11) is 0. The third-order valence-corrected chi connectivity index (χ3v) is 6.76. The number of rotatable bonds is 4. The van der Waals surface area contributed by atoms with E-state index in [0.29, 0.717) is 56.4 Å². The van der Waals surface area contributed by atoms with Gasteiger partial charge < -0.3 is 20.0 Å². The number of carbonyl (C=O) groups excluding carboxylic acids is 3. The minimum absolute atomic E-state index is 0.0737. The van der Waals surface area contributed by atoms with Gasteiger partial charge in [0.25, 0.3) is 0 Å². The highest BCUT2D eigenvalue weighted by atomic mass is 35.5. The second-order valence-corrected chi connectivity index (χ2v) is 9.38. The average molecular weight is 483 g/mol. The molecule has 0 aromatic heterocycles. The van der Waals surface area contributed by atoms with E-state index < -0.39 is 0 Å². The van der Waals surface area contributed by atoms with E-state index in [1.807, 2.05) is 40.1 Å². The first-order chi connectivity index (χ1) is 16.5. The van der Waals surface area contributed by atoms with E-state index in [2.05, 4.69) is 5.32 Å².